The fraction of sp³-hybridized carbons (Fsp3) is 1.00. The minimum absolute atomic E-state index is 0.460. The van der Waals surface area contributed by atoms with E-state index >= 15 is 0 Å². The normalized spacial score (nSPS) is 37.6. The third-order valence-electron chi connectivity index (χ3n) is 4.68. The Bertz CT molecular complexity index is 209. The van der Waals surface area contributed by atoms with Crippen LogP contribution >= 0.6 is 0 Å². The molecule has 0 saturated heterocycles. The lowest BCUT2D eigenvalue weighted by Crippen LogP contribution is -2.50. The number of hydrogen-bond acceptors (Lipinski definition) is 0. The van der Waals surface area contributed by atoms with E-state index in [0.717, 1.165) is 23.7 Å². The highest BCUT2D eigenvalue weighted by Crippen LogP contribution is 2.56. The average molecular weight is 210 g/mol. The molecule has 2 unspecified atom stereocenters. The van der Waals surface area contributed by atoms with Gasteiger partial charge in [-0.1, -0.05) is 55.4 Å². The summed E-state index contributed by atoms with van der Waals surface area (Å²) in [4.78, 5) is 0. The number of rotatable bonds is 2. The fourth-order valence-corrected chi connectivity index (χ4v) is 4.37. The van der Waals surface area contributed by atoms with Gasteiger partial charge in [0.2, 0.25) is 0 Å². The first-order valence-corrected chi connectivity index (χ1v) is 6.56. The monoisotopic (exact) mass is 210 g/mol. The Morgan fingerprint density at radius 2 is 1.13 bits per heavy atom. The molecule has 2 atom stereocenters. The molecular formula is C15H30. The van der Waals surface area contributed by atoms with Crippen LogP contribution in [0.15, 0.2) is 0 Å². The van der Waals surface area contributed by atoms with Gasteiger partial charge in [-0.25, -0.2) is 0 Å². The lowest BCUT2D eigenvalue weighted by atomic mass is 9.49. The minimum atomic E-state index is 0.460. The SMILES string of the molecule is CC1C(C)C(C(C)(C)CC(C)(C)C)C1C. The van der Waals surface area contributed by atoms with E-state index in [-0.39, 0.29) is 0 Å². The molecule has 0 nitrogen and oxygen atoms in total. The van der Waals surface area contributed by atoms with Gasteiger partial charge in [-0.3, -0.25) is 0 Å². The van der Waals surface area contributed by atoms with E-state index in [0.29, 0.717) is 10.8 Å². The van der Waals surface area contributed by atoms with Crippen LogP contribution in [0.2, 0.25) is 0 Å². The summed E-state index contributed by atoms with van der Waals surface area (Å²) in [6.07, 6.45) is 1.34. The first-order valence-electron chi connectivity index (χ1n) is 6.56. The van der Waals surface area contributed by atoms with Crippen LogP contribution in [0, 0.1) is 34.5 Å². The first-order chi connectivity index (χ1) is 6.56. The summed E-state index contributed by atoms with van der Waals surface area (Å²) in [6.45, 7) is 19.4. The van der Waals surface area contributed by atoms with Gasteiger partial charge in [0.25, 0.3) is 0 Å². The van der Waals surface area contributed by atoms with Crippen LogP contribution in [0.1, 0.15) is 61.8 Å². The van der Waals surface area contributed by atoms with Crippen molar-refractivity contribution in [2.24, 2.45) is 34.5 Å². The molecular weight excluding hydrogens is 180 g/mol. The molecule has 1 saturated carbocycles. The molecule has 1 aliphatic carbocycles. The maximum Gasteiger partial charge on any atom is -0.0306 e. The average Bonchev–Trinajstić information content (AvgIpc) is 1.99. The van der Waals surface area contributed by atoms with Crippen molar-refractivity contribution in [1.29, 1.82) is 0 Å². The van der Waals surface area contributed by atoms with E-state index in [1.807, 2.05) is 0 Å². The summed E-state index contributed by atoms with van der Waals surface area (Å²) in [5.74, 6) is 3.68. The summed E-state index contributed by atoms with van der Waals surface area (Å²) in [6, 6.07) is 0. The van der Waals surface area contributed by atoms with E-state index in [9.17, 15) is 0 Å². The Morgan fingerprint density at radius 3 is 1.47 bits per heavy atom. The second-order valence-corrected chi connectivity index (χ2v) is 7.83. The zero-order chi connectivity index (χ0) is 12.0. The lowest BCUT2D eigenvalue weighted by molar-refractivity contribution is -0.0807. The first kappa shape index (κ1) is 13.1. The molecule has 15 heavy (non-hydrogen) atoms. The molecule has 0 N–H and O–H groups in total. The van der Waals surface area contributed by atoms with Crippen LogP contribution in [0.5, 0.6) is 0 Å². The Labute approximate surface area is 96.8 Å². The molecule has 0 heteroatoms. The van der Waals surface area contributed by atoms with Gasteiger partial charge in [-0.15, -0.1) is 0 Å². The molecule has 1 rings (SSSR count). The third kappa shape index (κ3) is 2.57. The van der Waals surface area contributed by atoms with Crippen molar-refractivity contribution in [3.05, 3.63) is 0 Å². The maximum absolute atomic E-state index is 2.47. The van der Waals surface area contributed by atoms with Crippen molar-refractivity contribution < 1.29 is 0 Å². The second-order valence-electron chi connectivity index (χ2n) is 7.83. The summed E-state index contributed by atoms with van der Waals surface area (Å²) in [5.41, 5.74) is 0.964. The van der Waals surface area contributed by atoms with Crippen LogP contribution in [0.25, 0.3) is 0 Å². The lowest BCUT2D eigenvalue weighted by Gasteiger charge is -2.56. The molecule has 1 fully saturated rings. The zero-order valence-corrected chi connectivity index (χ0v) is 12.0. The van der Waals surface area contributed by atoms with Crippen LogP contribution in [0.4, 0.5) is 0 Å². The van der Waals surface area contributed by atoms with Crippen LogP contribution in [0.3, 0.4) is 0 Å². The summed E-state index contributed by atoms with van der Waals surface area (Å²) in [7, 11) is 0. The van der Waals surface area contributed by atoms with Crippen LogP contribution in [-0.4, -0.2) is 0 Å². The van der Waals surface area contributed by atoms with Gasteiger partial charge < -0.3 is 0 Å². The quantitative estimate of drug-likeness (QED) is 0.602. The maximum atomic E-state index is 2.47. The zero-order valence-electron chi connectivity index (χ0n) is 12.0. The molecule has 0 aromatic heterocycles. The smallest absolute Gasteiger partial charge is 0.0306 e. The van der Waals surface area contributed by atoms with Crippen LogP contribution < -0.4 is 0 Å². The molecule has 0 heterocycles. The summed E-state index contributed by atoms with van der Waals surface area (Å²) >= 11 is 0. The highest BCUT2D eigenvalue weighted by molar-refractivity contribution is 4.98. The Morgan fingerprint density at radius 1 is 0.733 bits per heavy atom. The van der Waals surface area contributed by atoms with Crippen molar-refractivity contribution in [3.63, 3.8) is 0 Å². The predicted molar refractivity (Wildman–Crippen MR) is 68.8 cm³/mol. The highest BCUT2D eigenvalue weighted by atomic mass is 14.5. The molecule has 0 bridgehead atoms. The number of hydrogen-bond donors (Lipinski definition) is 0. The van der Waals surface area contributed by atoms with Crippen molar-refractivity contribution in [1.82, 2.24) is 0 Å². The van der Waals surface area contributed by atoms with Gasteiger partial charge in [0.05, 0.1) is 0 Å². The third-order valence-corrected chi connectivity index (χ3v) is 4.68. The molecule has 0 aromatic carbocycles. The standard InChI is InChI=1S/C15H30/c1-10-11(2)13(12(10)3)15(7,8)9-14(4,5)6/h10-13H,9H2,1-8H3. The van der Waals surface area contributed by atoms with E-state index in [2.05, 4.69) is 55.4 Å². The molecule has 90 valence electrons. The highest BCUT2D eigenvalue weighted by Gasteiger charge is 2.50. The summed E-state index contributed by atoms with van der Waals surface area (Å²) in [5, 5.41) is 0. The van der Waals surface area contributed by atoms with Gasteiger partial charge in [0.1, 0.15) is 0 Å². The van der Waals surface area contributed by atoms with Crippen molar-refractivity contribution in [3.8, 4) is 0 Å². The van der Waals surface area contributed by atoms with E-state index in [1.54, 1.807) is 0 Å². The molecule has 0 spiro atoms. The molecule has 0 aromatic rings. The Hall–Kier alpha value is 0. The molecule has 1 aliphatic rings. The van der Waals surface area contributed by atoms with Crippen molar-refractivity contribution in [2.75, 3.05) is 0 Å². The van der Waals surface area contributed by atoms with Gasteiger partial charge in [-0.05, 0) is 40.9 Å². The van der Waals surface area contributed by atoms with Crippen molar-refractivity contribution >= 4 is 0 Å². The minimum Gasteiger partial charge on any atom is -0.0620 e. The Balaban J connectivity index is 2.71. The Kier molecular flexibility index (Phi) is 3.30. The van der Waals surface area contributed by atoms with E-state index in [4.69, 9.17) is 0 Å². The van der Waals surface area contributed by atoms with Gasteiger partial charge in [0.15, 0.2) is 0 Å². The molecule has 0 radical (unpaired) electrons. The van der Waals surface area contributed by atoms with Gasteiger partial charge in [-0.2, -0.15) is 0 Å². The molecule has 0 amide bonds. The topological polar surface area (TPSA) is 0 Å². The van der Waals surface area contributed by atoms with Crippen molar-refractivity contribution in [2.45, 2.75) is 61.8 Å². The molecule has 0 aliphatic heterocycles. The van der Waals surface area contributed by atoms with Gasteiger partial charge >= 0.3 is 0 Å². The van der Waals surface area contributed by atoms with E-state index in [1.165, 1.54) is 6.42 Å². The summed E-state index contributed by atoms with van der Waals surface area (Å²) < 4.78 is 0. The van der Waals surface area contributed by atoms with E-state index < -0.39 is 0 Å². The second kappa shape index (κ2) is 3.79. The van der Waals surface area contributed by atoms with Gasteiger partial charge in [0, 0.05) is 0 Å². The predicted octanol–water partition coefficient (Wildman–Crippen LogP) is 4.99. The van der Waals surface area contributed by atoms with Crippen LogP contribution in [-0.2, 0) is 0 Å². The fourth-order valence-electron chi connectivity index (χ4n) is 4.37. The largest absolute Gasteiger partial charge is 0.0620 e.